The third kappa shape index (κ3) is 5.98. The monoisotopic (exact) mass is 446 g/mol. The third-order valence-electron chi connectivity index (χ3n) is 3.30. The van der Waals surface area contributed by atoms with Gasteiger partial charge in [-0.25, -0.2) is 4.98 Å². The van der Waals surface area contributed by atoms with Gasteiger partial charge in [-0.1, -0.05) is 12.1 Å². The minimum Gasteiger partial charge on any atom is -0.497 e. The van der Waals surface area contributed by atoms with Gasteiger partial charge in [-0.15, -0.1) is 35.3 Å². The summed E-state index contributed by atoms with van der Waals surface area (Å²) >= 11 is 1.71. The van der Waals surface area contributed by atoms with E-state index in [-0.39, 0.29) is 24.0 Å². The Morgan fingerprint density at radius 2 is 2.00 bits per heavy atom. The molecular weight excluding hydrogens is 423 g/mol. The molecule has 0 fully saturated rings. The Morgan fingerprint density at radius 1 is 1.26 bits per heavy atom. The zero-order valence-electron chi connectivity index (χ0n) is 13.8. The summed E-state index contributed by atoms with van der Waals surface area (Å²) in [6.07, 6.45) is 0. The second-order valence-corrected chi connectivity index (χ2v) is 6.17. The number of guanidine groups is 1. The number of aliphatic imine (C=N–C) groups is 1. The Morgan fingerprint density at radius 3 is 2.61 bits per heavy atom. The van der Waals surface area contributed by atoms with Crippen molar-refractivity contribution in [3.8, 4) is 5.75 Å². The first-order valence-electron chi connectivity index (χ1n) is 7.12. The van der Waals surface area contributed by atoms with Crippen molar-refractivity contribution in [3.05, 3.63) is 45.4 Å². The number of hydrogen-bond donors (Lipinski definition) is 2. The number of thiazole rings is 1. The van der Waals surface area contributed by atoms with E-state index in [1.807, 2.05) is 25.1 Å². The van der Waals surface area contributed by atoms with Gasteiger partial charge in [-0.2, -0.15) is 0 Å². The zero-order valence-corrected chi connectivity index (χ0v) is 17.0. The van der Waals surface area contributed by atoms with E-state index in [1.165, 1.54) is 4.88 Å². The van der Waals surface area contributed by atoms with E-state index in [1.54, 1.807) is 25.5 Å². The smallest absolute Gasteiger partial charge is 0.191 e. The van der Waals surface area contributed by atoms with Gasteiger partial charge in [0.05, 0.1) is 19.3 Å². The lowest BCUT2D eigenvalue weighted by molar-refractivity contribution is 0.414. The van der Waals surface area contributed by atoms with Gasteiger partial charge in [-0.05, 0) is 31.5 Å². The molecule has 0 aliphatic rings. The molecule has 5 nitrogen and oxygen atoms in total. The maximum absolute atomic E-state index is 5.23. The zero-order chi connectivity index (χ0) is 15.9. The summed E-state index contributed by atoms with van der Waals surface area (Å²) in [7, 11) is 3.43. The second kappa shape index (κ2) is 9.71. The average molecular weight is 446 g/mol. The van der Waals surface area contributed by atoms with Crippen LogP contribution in [0.5, 0.6) is 5.75 Å². The summed E-state index contributed by atoms with van der Waals surface area (Å²) in [5.41, 5.74) is 2.24. The van der Waals surface area contributed by atoms with Crippen LogP contribution in [0.4, 0.5) is 0 Å². The molecule has 0 saturated carbocycles. The first kappa shape index (κ1) is 19.7. The summed E-state index contributed by atoms with van der Waals surface area (Å²) < 4.78 is 5.23. The van der Waals surface area contributed by atoms with Crippen LogP contribution in [-0.4, -0.2) is 25.1 Å². The normalized spacial score (nSPS) is 10.9. The predicted molar refractivity (Wildman–Crippen MR) is 107 cm³/mol. The maximum atomic E-state index is 5.23. The van der Waals surface area contributed by atoms with Gasteiger partial charge in [0.25, 0.3) is 0 Å². The number of aryl methyl sites for hydroxylation is 2. The molecule has 1 heterocycles. The van der Waals surface area contributed by atoms with Crippen molar-refractivity contribution in [2.24, 2.45) is 4.99 Å². The molecule has 1 aromatic heterocycles. The largest absolute Gasteiger partial charge is 0.497 e. The molecule has 0 atom stereocenters. The fourth-order valence-corrected chi connectivity index (χ4v) is 2.84. The molecule has 126 valence electrons. The molecule has 2 N–H and O–H groups in total. The lowest BCUT2D eigenvalue weighted by Gasteiger charge is -2.11. The van der Waals surface area contributed by atoms with Gasteiger partial charge in [0.2, 0.25) is 0 Å². The Bertz CT molecular complexity index is 638. The summed E-state index contributed by atoms with van der Waals surface area (Å²) in [5.74, 6) is 1.62. The van der Waals surface area contributed by atoms with Crippen LogP contribution in [-0.2, 0) is 13.1 Å². The van der Waals surface area contributed by atoms with E-state index in [2.05, 4.69) is 33.6 Å². The van der Waals surface area contributed by atoms with Crippen molar-refractivity contribution >= 4 is 41.3 Å². The number of aromatic nitrogens is 1. The van der Waals surface area contributed by atoms with E-state index >= 15 is 0 Å². The van der Waals surface area contributed by atoms with E-state index in [0.717, 1.165) is 28.0 Å². The first-order chi connectivity index (χ1) is 10.6. The van der Waals surface area contributed by atoms with Crippen LogP contribution in [0.3, 0.4) is 0 Å². The van der Waals surface area contributed by atoms with E-state index in [0.29, 0.717) is 13.1 Å². The van der Waals surface area contributed by atoms with Crippen molar-refractivity contribution in [2.75, 3.05) is 14.2 Å². The molecule has 2 aromatic rings. The number of nitrogens with zero attached hydrogens (tertiary/aromatic N) is 2. The quantitative estimate of drug-likeness (QED) is 0.421. The van der Waals surface area contributed by atoms with Crippen LogP contribution >= 0.6 is 35.3 Å². The van der Waals surface area contributed by atoms with Gasteiger partial charge >= 0.3 is 0 Å². The van der Waals surface area contributed by atoms with Crippen LogP contribution in [0, 0.1) is 13.8 Å². The van der Waals surface area contributed by atoms with Gasteiger partial charge in [0.15, 0.2) is 5.96 Å². The summed E-state index contributed by atoms with van der Waals surface area (Å²) in [5, 5.41) is 7.64. The predicted octanol–water partition coefficient (Wildman–Crippen LogP) is 3.25. The minimum absolute atomic E-state index is 0. The number of halogens is 1. The molecule has 0 amide bonds. The number of nitrogens with one attached hydrogen (secondary N) is 2. The number of rotatable bonds is 5. The van der Waals surface area contributed by atoms with Crippen LogP contribution in [0.25, 0.3) is 0 Å². The number of benzene rings is 1. The molecule has 0 saturated heterocycles. The van der Waals surface area contributed by atoms with Crippen LogP contribution in [0.2, 0.25) is 0 Å². The third-order valence-corrected chi connectivity index (χ3v) is 4.37. The Balaban J connectivity index is 0.00000264. The van der Waals surface area contributed by atoms with Crippen molar-refractivity contribution in [2.45, 2.75) is 26.9 Å². The first-order valence-corrected chi connectivity index (χ1v) is 7.94. The second-order valence-electron chi connectivity index (χ2n) is 4.88. The molecule has 0 bridgehead atoms. The summed E-state index contributed by atoms with van der Waals surface area (Å²) in [4.78, 5) is 10.0. The lowest BCUT2D eigenvalue weighted by Crippen LogP contribution is -2.36. The Hall–Kier alpha value is -1.35. The van der Waals surface area contributed by atoms with Crippen LogP contribution in [0.15, 0.2) is 29.3 Å². The van der Waals surface area contributed by atoms with Crippen molar-refractivity contribution < 1.29 is 4.74 Å². The molecule has 1 aromatic carbocycles. The lowest BCUT2D eigenvalue weighted by atomic mass is 10.2. The van der Waals surface area contributed by atoms with E-state index < -0.39 is 0 Å². The van der Waals surface area contributed by atoms with Crippen molar-refractivity contribution in [3.63, 3.8) is 0 Å². The number of hydrogen-bond acceptors (Lipinski definition) is 4. The molecule has 0 aliphatic heterocycles. The van der Waals surface area contributed by atoms with E-state index in [9.17, 15) is 0 Å². The highest BCUT2D eigenvalue weighted by Crippen LogP contribution is 2.16. The molecule has 0 unspecified atom stereocenters. The summed E-state index contributed by atoms with van der Waals surface area (Å²) in [6.45, 7) is 5.49. The fourth-order valence-electron chi connectivity index (χ4n) is 1.96. The highest BCUT2D eigenvalue weighted by Gasteiger charge is 2.05. The molecule has 7 heteroatoms. The minimum atomic E-state index is 0. The van der Waals surface area contributed by atoms with Gasteiger partial charge in [-0.3, -0.25) is 4.99 Å². The van der Waals surface area contributed by atoms with Crippen molar-refractivity contribution in [1.29, 1.82) is 0 Å². The molecule has 0 radical (unpaired) electrons. The highest BCUT2D eigenvalue weighted by molar-refractivity contribution is 14.0. The Kier molecular flexibility index (Phi) is 8.32. The van der Waals surface area contributed by atoms with Gasteiger partial charge in [0.1, 0.15) is 10.8 Å². The van der Waals surface area contributed by atoms with Crippen LogP contribution in [0.1, 0.15) is 21.1 Å². The standard InChI is InChI=1S/C16H22N4OS.HI/c1-11-12(2)22-15(20-11)10-19-16(17-3)18-9-13-6-5-7-14(8-13)21-4;/h5-8H,9-10H2,1-4H3,(H2,17,18,19);1H. The summed E-state index contributed by atoms with van der Waals surface area (Å²) in [6, 6.07) is 7.97. The molecule has 0 aliphatic carbocycles. The molecule has 23 heavy (non-hydrogen) atoms. The fraction of sp³-hybridized carbons (Fsp3) is 0.375. The molecule has 0 spiro atoms. The number of ether oxygens (including phenoxy) is 1. The highest BCUT2D eigenvalue weighted by atomic mass is 127. The van der Waals surface area contributed by atoms with Gasteiger partial charge in [0, 0.05) is 18.5 Å². The maximum Gasteiger partial charge on any atom is 0.191 e. The van der Waals surface area contributed by atoms with Gasteiger partial charge < -0.3 is 15.4 Å². The Labute approximate surface area is 158 Å². The van der Waals surface area contributed by atoms with E-state index in [4.69, 9.17) is 4.74 Å². The molecule has 2 rings (SSSR count). The van der Waals surface area contributed by atoms with Crippen LogP contribution < -0.4 is 15.4 Å². The number of methoxy groups -OCH3 is 1. The topological polar surface area (TPSA) is 58.5 Å². The average Bonchev–Trinajstić information content (AvgIpc) is 2.86. The SMILES string of the molecule is CN=C(NCc1cccc(OC)c1)NCc1nc(C)c(C)s1.I. The van der Waals surface area contributed by atoms with Crippen molar-refractivity contribution in [1.82, 2.24) is 15.6 Å². The molecular formula is C16H23IN4OS.